The number of hydrogen-bond donors (Lipinski definition) is 1. The van der Waals surface area contributed by atoms with E-state index in [1.54, 1.807) is 6.07 Å². The average molecular weight is 329 g/mol. The molecule has 0 aliphatic rings. The smallest absolute Gasteiger partial charge is 0.284 e. The third-order valence-electron chi connectivity index (χ3n) is 2.87. The molecule has 0 aliphatic heterocycles. The zero-order valence-electron chi connectivity index (χ0n) is 11.0. The van der Waals surface area contributed by atoms with Gasteiger partial charge in [0.05, 0.1) is 9.40 Å². The first-order chi connectivity index (χ1) is 8.99. The molecule has 6 heteroatoms. The number of benzene rings is 1. The van der Waals surface area contributed by atoms with Crippen LogP contribution in [-0.2, 0) is 0 Å². The van der Waals surface area contributed by atoms with Crippen molar-refractivity contribution in [2.24, 2.45) is 0 Å². The number of hydrogen-bond acceptors (Lipinski definition) is 3. The molecule has 0 saturated carbocycles. The summed E-state index contributed by atoms with van der Waals surface area (Å²) in [6.45, 7) is 4.06. The van der Waals surface area contributed by atoms with Crippen molar-refractivity contribution in [3.63, 3.8) is 0 Å². The molecule has 1 amide bonds. The molecule has 0 radical (unpaired) electrons. The van der Waals surface area contributed by atoms with Gasteiger partial charge in [-0.05, 0) is 40.9 Å². The topological polar surface area (TPSA) is 72.2 Å². The van der Waals surface area contributed by atoms with E-state index in [2.05, 4.69) is 28.2 Å². The number of carbonyl (C=O) groups is 1. The average Bonchev–Trinajstić information content (AvgIpc) is 2.38. The van der Waals surface area contributed by atoms with E-state index >= 15 is 0 Å². The van der Waals surface area contributed by atoms with Gasteiger partial charge in [0.1, 0.15) is 0 Å². The summed E-state index contributed by atoms with van der Waals surface area (Å²) in [6, 6.07) is 4.50. The Morgan fingerprint density at radius 1 is 1.47 bits per heavy atom. The molecule has 0 fully saturated rings. The zero-order chi connectivity index (χ0) is 14.4. The van der Waals surface area contributed by atoms with Gasteiger partial charge in [0.15, 0.2) is 0 Å². The van der Waals surface area contributed by atoms with E-state index in [0.29, 0.717) is 10.0 Å². The summed E-state index contributed by atoms with van der Waals surface area (Å²) in [4.78, 5) is 22.3. The molecule has 5 nitrogen and oxygen atoms in total. The van der Waals surface area contributed by atoms with Crippen molar-refractivity contribution in [3.05, 3.63) is 38.3 Å². The number of nitro benzene ring substituents is 1. The van der Waals surface area contributed by atoms with Crippen molar-refractivity contribution in [1.82, 2.24) is 5.32 Å². The molecule has 1 aromatic carbocycles. The van der Waals surface area contributed by atoms with Gasteiger partial charge in [0, 0.05) is 17.7 Å². The minimum atomic E-state index is -0.510. The Morgan fingerprint density at radius 3 is 2.68 bits per heavy atom. The minimum absolute atomic E-state index is 0.101. The van der Waals surface area contributed by atoms with Crippen LogP contribution in [0.4, 0.5) is 5.69 Å². The molecule has 1 aromatic rings. The Bertz CT molecular complexity index is 477. The lowest BCUT2D eigenvalue weighted by molar-refractivity contribution is -0.385. The lowest BCUT2D eigenvalue weighted by Gasteiger charge is -2.16. The van der Waals surface area contributed by atoms with E-state index < -0.39 is 4.92 Å². The van der Waals surface area contributed by atoms with Gasteiger partial charge in [-0.1, -0.05) is 20.3 Å². The molecule has 1 N–H and O–H groups in total. The maximum absolute atomic E-state index is 12.0. The molecule has 104 valence electrons. The van der Waals surface area contributed by atoms with Crippen LogP contribution in [0.2, 0.25) is 0 Å². The number of nitrogens with one attached hydrogen (secondary N) is 1. The number of rotatable bonds is 6. The van der Waals surface area contributed by atoms with Crippen LogP contribution < -0.4 is 5.32 Å². The van der Waals surface area contributed by atoms with Crippen LogP contribution in [0.3, 0.4) is 0 Å². The van der Waals surface area contributed by atoms with E-state index in [0.717, 1.165) is 19.3 Å². The van der Waals surface area contributed by atoms with Gasteiger partial charge in [0.25, 0.3) is 11.6 Å². The minimum Gasteiger partial charge on any atom is -0.349 e. The van der Waals surface area contributed by atoms with Crippen LogP contribution in [0.25, 0.3) is 0 Å². The fourth-order valence-electron chi connectivity index (χ4n) is 1.79. The van der Waals surface area contributed by atoms with Crippen LogP contribution in [0.1, 0.15) is 43.5 Å². The number of halogens is 1. The second kappa shape index (κ2) is 7.23. The summed E-state index contributed by atoms with van der Waals surface area (Å²) in [7, 11) is 0. The van der Waals surface area contributed by atoms with Gasteiger partial charge < -0.3 is 5.32 Å². The molecule has 0 aromatic heterocycles. The van der Waals surface area contributed by atoms with Gasteiger partial charge >= 0.3 is 0 Å². The lowest BCUT2D eigenvalue weighted by Crippen LogP contribution is -2.34. The molecule has 1 unspecified atom stereocenters. The molecule has 0 saturated heterocycles. The number of nitro groups is 1. The Balaban J connectivity index is 2.88. The van der Waals surface area contributed by atoms with E-state index in [-0.39, 0.29) is 17.6 Å². The summed E-state index contributed by atoms with van der Waals surface area (Å²) >= 11 is 3.10. The van der Waals surface area contributed by atoms with Crippen molar-refractivity contribution >= 4 is 27.5 Å². The maximum atomic E-state index is 12.0. The van der Waals surface area contributed by atoms with E-state index in [1.807, 2.05) is 6.92 Å². The van der Waals surface area contributed by atoms with Crippen molar-refractivity contribution < 1.29 is 9.72 Å². The molecular formula is C13H17BrN2O3. The second-order valence-corrected chi connectivity index (χ2v) is 5.14. The highest BCUT2D eigenvalue weighted by Gasteiger charge is 2.17. The fraction of sp³-hybridized carbons (Fsp3) is 0.462. The van der Waals surface area contributed by atoms with Crippen LogP contribution in [-0.4, -0.2) is 16.9 Å². The van der Waals surface area contributed by atoms with Crippen molar-refractivity contribution in [2.75, 3.05) is 0 Å². The lowest BCUT2D eigenvalue weighted by atomic mass is 10.1. The van der Waals surface area contributed by atoms with Crippen molar-refractivity contribution in [2.45, 2.75) is 39.2 Å². The van der Waals surface area contributed by atoms with Crippen LogP contribution in [0, 0.1) is 10.1 Å². The Morgan fingerprint density at radius 2 is 2.16 bits per heavy atom. The third kappa shape index (κ3) is 4.31. The van der Waals surface area contributed by atoms with Crippen molar-refractivity contribution in [3.8, 4) is 0 Å². The molecule has 1 rings (SSSR count). The number of nitrogens with zero attached hydrogens (tertiary/aromatic N) is 1. The molecule has 0 bridgehead atoms. The first-order valence-corrected chi connectivity index (χ1v) is 7.03. The summed E-state index contributed by atoms with van der Waals surface area (Å²) in [5.74, 6) is -0.268. The van der Waals surface area contributed by atoms with Gasteiger partial charge in [0.2, 0.25) is 0 Å². The summed E-state index contributed by atoms with van der Waals surface area (Å²) in [5, 5.41) is 13.7. The van der Waals surface area contributed by atoms with E-state index in [9.17, 15) is 14.9 Å². The van der Waals surface area contributed by atoms with Gasteiger partial charge in [-0.2, -0.15) is 0 Å². The highest BCUT2D eigenvalue weighted by atomic mass is 79.9. The molecular weight excluding hydrogens is 312 g/mol. The molecule has 0 aliphatic carbocycles. The summed E-state index contributed by atoms with van der Waals surface area (Å²) in [5.41, 5.74) is 0.209. The first kappa shape index (κ1) is 15.6. The highest BCUT2D eigenvalue weighted by molar-refractivity contribution is 9.10. The normalized spacial score (nSPS) is 11.9. The third-order valence-corrected chi connectivity index (χ3v) is 3.54. The molecule has 0 spiro atoms. The Labute approximate surface area is 120 Å². The standard InChI is InChI=1S/C13H17BrN2O3/c1-3-5-10(4-2)15-13(17)9-6-7-11(14)12(8-9)16(18)19/h6-8,10H,3-5H2,1-2H3,(H,15,17). The molecule has 19 heavy (non-hydrogen) atoms. The van der Waals surface area contributed by atoms with Gasteiger partial charge in [-0.25, -0.2) is 0 Å². The number of carbonyl (C=O) groups excluding carboxylic acids is 1. The van der Waals surface area contributed by atoms with E-state index in [1.165, 1.54) is 12.1 Å². The SMILES string of the molecule is CCCC(CC)NC(=O)c1ccc(Br)c([N+](=O)[O-])c1. The van der Waals surface area contributed by atoms with Crippen molar-refractivity contribution in [1.29, 1.82) is 0 Å². The highest BCUT2D eigenvalue weighted by Crippen LogP contribution is 2.25. The van der Waals surface area contributed by atoms with Gasteiger partial charge in [-0.15, -0.1) is 0 Å². The second-order valence-electron chi connectivity index (χ2n) is 4.29. The largest absolute Gasteiger partial charge is 0.349 e. The Kier molecular flexibility index (Phi) is 5.95. The first-order valence-electron chi connectivity index (χ1n) is 6.24. The van der Waals surface area contributed by atoms with Crippen LogP contribution in [0.15, 0.2) is 22.7 Å². The fourth-order valence-corrected chi connectivity index (χ4v) is 2.18. The van der Waals surface area contributed by atoms with E-state index in [4.69, 9.17) is 0 Å². The number of amides is 1. The maximum Gasteiger partial charge on any atom is 0.284 e. The Hall–Kier alpha value is -1.43. The molecule has 1 atom stereocenters. The monoisotopic (exact) mass is 328 g/mol. The predicted octanol–water partition coefficient (Wildman–Crippen LogP) is 3.67. The molecule has 0 heterocycles. The van der Waals surface area contributed by atoms with Crippen LogP contribution in [0.5, 0.6) is 0 Å². The van der Waals surface area contributed by atoms with Gasteiger partial charge in [-0.3, -0.25) is 14.9 Å². The predicted molar refractivity (Wildman–Crippen MR) is 77.2 cm³/mol. The van der Waals surface area contributed by atoms with Crippen LogP contribution >= 0.6 is 15.9 Å². The zero-order valence-corrected chi connectivity index (χ0v) is 12.6. The summed E-state index contributed by atoms with van der Waals surface area (Å²) in [6.07, 6.45) is 2.73. The summed E-state index contributed by atoms with van der Waals surface area (Å²) < 4.78 is 0.370. The quantitative estimate of drug-likeness (QED) is 0.639.